The van der Waals surface area contributed by atoms with Crippen molar-refractivity contribution in [3.05, 3.63) is 47.1 Å². The molecule has 0 fully saturated rings. The molecule has 0 aliphatic carbocycles. The van der Waals surface area contributed by atoms with Crippen molar-refractivity contribution in [1.29, 1.82) is 0 Å². The smallest absolute Gasteiger partial charge is 0.103 e. The first-order valence-electron chi connectivity index (χ1n) is 5.14. The van der Waals surface area contributed by atoms with Crippen LogP contribution in [-0.4, -0.2) is 19.1 Å². The molecule has 1 heterocycles. The van der Waals surface area contributed by atoms with Crippen LogP contribution in [0.1, 0.15) is 0 Å². The molecule has 0 aliphatic rings. The van der Waals surface area contributed by atoms with Crippen molar-refractivity contribution in [2.45, 2.75) is 0 Å². The lowest BCUT2D eigenvalue weighted by atomic mass is 10.1. The summed E-state index contributed by atoms with van der Waals surface area (Å²) in [7, 11) is 4.07. The van der Waals surface area contributed by atoms with E-state index < -0.39 is 0 Å². The molecule has 0 bridgehead atoms. The van der Waals surface area contributed by atoms with Crippen molar-refractivity contribution in [2.24, 2.45) is 0 Å². The van der Waals surface area contributed by atoms with Gasteiger partial charge in [0.25, 0.3) is 0 Å². The first-order valence-corrected chi connectivity index (χ1v) is 5.55. The minimum atomic E-state index is 0.759. The van der Waals surface area contributed by atoms with E-state index in [-0.39, 0.29) is 0 Å². The Kier molecular flexibility index (Phi) is 3.06. The third kappa shape index (κ3) is 2.31. The number of H-pyrrole nitrogens is 1. The summed E-state index contributed by atoms with van der Waals surface area (Å²) in [6.07, 6.45) is 0. The van der Waals surface area contributed by atoms with Crippen LogP contribution in [0.5, 0.6) is 0 Å². The van der Waals surface area contributed by atoms with Crippen molar-refractivity contribution >= 4 is 17.9 Å². The molecular formula is C13H14N2S. The molecule has 3 heteroatoms. The third-order valence-electron chi connectivity index (χ3n) is 2.46. The zero-order chi connectivity index (χ0) is 11.5. The SMILES string of the molecule is CN(C)c1ccc(-c2cccc(=S)[nH]2)cc1. The molecule has 2 aromatic rings. The van der Waals surface area contributed by atoms with Gasteiger partial charge in [-0.1, -0.05) is 30.4 Å². The lowest BCUT2D eigenvalue weighted by Gasteiger charge is -2.12. The van der Waals surface area contributed by atoms with Crippen LogP contribution in [0.25, 0.3) is 11.3 Å². The second kappa shape index (κ2) is 4.49. The standard InChI is InChI=1S/C13H14N2S/c1-15(2)11-8-6-10(7-9-11)12-4-3-5-13(16)14-12/h3-9H,1-2H3,(H,14,16). The minimum Gasteiger partial charge on any atom is -0.378 e. The van der Waals surface area contributed by atoms with Gasteiger partial charge in [-0.05, 0) is 29.8 Å². The number of nitrogens with one attached hydrogen (secondary N) is 1. The number of aromatic nitrogens is 1. The quantitative estimate of drug-likeness (QED) is 0.796. The molecule has 0 amide bonds. The number of hydrogen-bond acceptors (Lipinski definition) is 2. The first kappa shape index (κ1) is 10.9. The van der Waals surface area contributed by atoms with E-state index in [9.17, 15) is 0 Å². The normalized spacial score (nSPS) is 10.1. The average Bonchev–Trinajstić information content (AvgIpc) is 2.29. The summed E-state index contributed by atoms with van der Waals surface area (Å²) in [5.41, 5.74) is 3.40. The van der Waals surface area contributed by atoms with Gasteiger partial charge in [-0.25, -0.2) is 0 Å². The lowest BCUT2D eigenvalue weighted by Crippen LogP contribution is -2.07. The maximum atomic E-state index is 5.10. The maximum Gasteiger partial charge on any atom is 0.103 e. The molecule has 0 spiro atoms. The molecule has 0 radical (unpaired) electrons. The Bertz CT molecular complexity index is 526. The highest BCUT2D eigenvalue weighted by Gasteiger charge is 1.98. The number of rotatable bonds is 2. The average molecular weight is 230 g/mol. The Labute approximate surface area is 101 Å². The van der Waals surface area contributed by atoms with Gasteiger partial charge in [-0.3, -0.25) is 0 Å². The first-order chi connectivity index (χ1) is 7.66. The van der Waals surface area contributed by atoms with Gasteiger partial charge in [0.05, 0.1) is 0 Å². The lowest BCUT2D eigenvalue weighted by molar-refractivity contribution is 1.13. The van der Waals surface area contributed by atoms with Crippen molar-refractivity contribution in [1.82, 2.24) is 4.98 Å². The summed E-state index contributed by atoms with van der Waals surface area (Å²) in [5, 5.41) is 0. The van der Waals surface area contributed by atoms with Crippen LogP contribution in [-0.2, 0) is 0 Å². The number of pyridine rings is 1. The van der Waals surface area contributed by atoms with E-state index in [0.29, 0.717) is 0 Å². The monoisotopic (exact) mass is 230 g/mol. The van der Waals surface area contributed by atoms with Gasteiger partial charge >= 0.3 is 0 Å². The Morgan fingerprint density at radius 2 is 1.69 bits per heavy atom. The van der Waals surface area contributed by atoms with Gasteiger partial charge in [0.1, 0.15) is 4.64 Å². The molecule has 0 aliphatic heterocycles. The molecule has 0 saturated heterocycles. The molecule has 16 heavy (non-hydrogen) atoms. The third-order valence-corrected chi connectivity index (χ3v) is 2.70. The molecule has 0 unspecified atom stereocenters. The highest BCUT2D eigenvalue weighted by molar-refractivity contribution is 7.71. The summed E-state index contributed by atoms with van der Waals surface area (Å²) in [6.45, 7) is 0. The van der Waals surface area contributed by atoms with E-state index in [1.54, 1.807) is 0 Å². The van der Waals surface area contributed by atoms with Crippen LogP contribution < -0.4 is 4.90 Å². The largest absolute Gasteiger partial charge is 0.378 e. The molecule has 1 aromatic heterocycles. The van der Waals surface area contributed by atoms with Crippen LogP contribution in [0.2, 0.25) is 0 Å². The number of nitrogens with zero attached hydrogens (tertiary/aromatic N) is 1. The maximum absolute atomic E-state index is 5.10. The minimum absolute atomic E-state index is 0.759. The summed E-state index contributed by atoms with van der Waals surface area (Å²) in [6, 6.07) is 14.3. The Morgan fingerprint density at radius 1 is 1.00 bits per heavy atom. The second-order valence-corrected chi connectivity index (χ2v) is 4.31. The molecule has 0 saturated carbocycles. The van der Waals surface area contributed by atoms with Crippen LogP contribution in [0, 0.1) is 4.64 Å². The fourth-order valence-corrected chi connectivity index (χ4v) is 1.74. The van der Waals surface area contributed by atoms with Crippen LogP contribution in [0.3, 0.4) is 0 Å². The van der Waals surface area contributed by atoms with Gasteiger partial charge in [0, 0.05) is 25.5 Å². The van der Waals surface area contributed by atoms with E-state index in [4.69, 9.17) is 12.2 Å². The number of benzene rings is 1. The van der Waals surface area contributed by atoms with Crippen molar-refractivity contribution in [3.8, 4) is 11.3 Å². The number of aromatic amines is 1. The summed E-state index contributed by atoms with van der Waals surface area (Å²) in [4.78, 5) is 5.25. The molecular weight excluding hydrogens is 216 g/mol. The molecule has 2 rings (SSSR count). The highest BCUT2D eigenvalue weighted by Crippen LogP contribution is 2.20. The highest BCUT2D eigenvalue weighted by atomic mass is 32.1. The van der Waals surface area contributed by atoms with Gasteiger partial charge in [-0.15, -0.1) is 0 Å². The van der Waals surface area contributed by atoms with Gasteiger partial charge < -0.3 is 9.88 Å². The Balaban J connectivity index is 2.38. The van der Waals surface area contributed by atoms with Crippen molar-refractivity contribution in [3.63, 3.8) is 0 Å². The van der Waals surface area contributed by atoms with E-state index in [1.165, 1.54) is 5.69 Å². The molecule has 2 nitrogen and oxygen atoms in total. The molecule has 1 aromatic carbocycles. The van der Waals surface area contributed by atoms with Crippen LogP contribution in [0.4, 0.5) is 5.69 Å². The topological polar surface area (TPSA) is 19.0 Å². The van der Waals surface area contributed by atoms with Gasteiger partial charge in [0.15, 0.2) is 0 Å². The van der Waals surface area contributed by atoms with Crippen molar-refractivity contribution in [2.75, 3.05) is 19.0 Å². The fraction of sp³-hybridized carbons (Fsp3) is 0.154. The summed E-state index contributed by atoms with van der Waals surface area (Å²) in [5.74, 6) is 0. The van der Waals surface area contributed by atoms with Gasteiger partial charge in [-0.2, -0.15) is 0 Å². The molecule has 1 N–H and O–H groups in total. The Hall–Kier alpha value is -1.61. The van der Waals surface area contributed by atoms with E-state index in [1.807, 2.05) is 32.3 Å². The summed E-state index contributed by atoms with van der Waals surface area (Å²) < 4.78 is 0.759. The predicted molar refractivity (Wildman–Crippen MR) is 71.4 cm³/mol. The number of hydrogen-bond donors (Lipinski definition) is 1. The van der Waals surface area contributed by atoms with Crippen LogP contribution in [0.15, 0.2) is 42.5 Å². The molecule has 0 atom stereocenters. The van der Waals surface area contributed by atoms with E-state index in [0.717, 1.165) is 15.9 Å². The number of anilines is 1. The predicted octanol–water partition coefficient (Wildman–Crippen LogP) is 3.48. The molecule has 82 valence electrons. The fourth-order valence-electron chi connectivity index (χ4n) is 1.56. The Morgan fingerprint density at radius 3 is 2.25 bits per heavy atom. The van der Waals surface area contributed by atoms with Gasteiger partial charge in [0.2, 0.25) is 0 Å². The zero-order valence-corrected chi connectivity index (χ0v) is 10.2. The second-order valence-electron chi connectivity index (χ2n) is 3.87. The van der Waals surface area contributed by atoms with E-state index in [2.05, 4.69) is 34.1 Å². The summed E-state index contributed by atoms with van der Waals surface area (Å²) >= 11 is 5.10. The zero-order valence-electron chi connectivity index (χ0n) is 9.40. The van der Waals surface area contributed by atoms with E-state index >= 15 is 0 Å². The van der Waals surface area contributed by atoms with Crippen LogP contribution >= 0.6 is 12.2 Å². The van der Waals surface area contributed by atoms with Crippen molar-refractivity contribution < 1.29 is 0 Å².